The molecule has 0 atom stereocenters. The summed E-state index contributed by atoms with van der Waals surface area (Å²) in [7, 11) is 0. The number of nitrogens with one attached hydrogen (secondary N) is 1. The van der Waals surface area contributed by atoms with Crippen LogP contribution in [0.5, 0.6) is 0 Å². The Kier molecular flexibility index (Phi) is 3.69. The first-order chi connectivity index (χ1) is 9.43. The Balaban J connectivity index is 2.33. The van der Waals surface area contributed by atoms with Crippen molar-refractivity contribution in [3.05, 3.63) is 41.2 Å². The number of halogens is 2. The summed E-state index contributed by atoms with van der Waals surface area (Å²) in [6.45, 7) is 3.94. The van der Waals surface area contributed by atoms with Crippen molar-refractivity contribution in [2.24, 2.45) is 0 Å². The van der Waals surface area contributed by atoms with Gasteiger partial charge in [0.05, 0.1) is 17.1 Å². The van der Waals surface area contributed by atoms with E-state index in [2.05, 4.69) is 10.4 Å². The summed E-state index contributed by atoms with van der Waals surface area (Å²) >= 11 is 0. The first kappa shape index (κ1) is 14.0. The fourth-order valence-corrected chi connectivity index (χ4v) is 1.84. The number of aryl methyl sites for hydroxylation is 2. The van der Waals surface area contributed by atoms with Crippen molar-refractivity contribution in [2.75, 3.05) is 11.1 Å². The van der Waals surface area contributed by atoms with Crippen LogP contribution in [-0.2, 0) is 6.54 Å². The lowest BCUT2D eigenvalue weighted by Gasteiger charge is -2.08. The van der Waals surface area contributed by atoms with Crippen LogP contribution in [0, 0.1) is 18.6 Å². The number of hydrogen-bond acceptors (Lipinski definition) is 3. The molecule has 0 saturated carbocycles. The zero-order chi connectivity index (χ0) is 14.9. The van der Waals surface area contributed by atoms with Crippen molar-refractivity contribution in [3.8, 4) is 0 Å². The van der Waals surface area contributed by atoms with E-state index in [0.717, 1.165) is 12.1 Å². The highest BCUT2D eigenvalue weighted by Gasteiger charge is 2.20. The number of nitrogens with two attached hydrogens (primary N) is 1. The number of benzene rings is 1. The van der Waals surface area contributed by atoms with Gasteiger partial charge in [0.25, 0.3) is 5.91 Å². The van der Waals surface area contributed by atoms with Crippen LogP contribution in [0.3, 0.4) is 0 Å². The lowest BCUT2D eigenvalue weighted by Crippen LogP contribution is -2.19. The molecule has 0 radical (unpaired) electrons. The van der Waals surface area contributed by atoms with Crippen molar-refractivity contribution < 1.29 is 13.6 Å². The molecule has 0 aliphatic heterocycles. The maximum atomic E-state index is 13.5. The van der Waals surface area contributed by atoms with E-state index in [1.807, 2.05) is 0 Å². The van der Waals surface area contributed by atoms with E-state index in [-0.39, 0.29) is 17.1 Å². The zero-order valence-electron chi connectivity index (χ0n) is 11.1. The van der Waals surface area contributed by atoms with Gasteiger partial charge in [0.15, 0.2) is 0 Å². The highest BCUT2D eigenvalue weighted by Crippen LogP contribution is 2.20. The van der Waals surface area contributed by atoms with Gasteiger partial charge in [-0.2, -0.15) is 5.10 Å². The molecule has 7 heteroatoms. The van der Waals surface area contributed by atoms with E-state index in [9.17, 15) is 13.6 Å². The van der Waals surface area contributed by atoms with E-state index in [1.54, 1.807) is 13.8 Å². The Morgan fingerprint density at radius 3 is 2.75 bits per heavy atom. The molecule has 0 fully saturated rings. The van der Waals surface area contributed by atoms with Gasteiger partial charge in [0.2, 0.25) is 0 Å². The third-order valence-corrected chi connectivity index (χ3v) is 2.87. The maximum absolute atomic E-state index is 13.5. The average Bonchev–Trinajstić information content (AvgIpc) is 2.68. The minimum atomic E-state index is -0.851. The molecule has 3 N–H and O–H groups in total. The summed E-state index contributed by atoms with van der Waals surface area (Å²) in [5, 5.41) is 6.47. The second kappa shape index (κ2) is 5.28. The molecule has 1 amide bonds. The highest BCUT2D eigenvalue weighted by atomic mass is 19.1. The topological polar surface area (TPSA) is 72.9 Å². The van der Waals surface area contributed by atoms with Crippen LogP contribution in [0.2, 0.25) is 0 Å². The molecule has 2 aromatic rings. The van der Waals surface area contributed by atoms with Crippen molar-refractivity contribution >= 4 is 17.3 Å². The molecular formula is C13H14F2N4O. The summed E-state index contributed by atoms with van der Waals surface area (Å²) in [4.78, 5) is 12.2. The average molecular weight is 280 g/mol. The number of aromatic nitrogens is 2. The van der Waals surface area contributed by atoms with E-state index in [1.165, 1.54) is 4.68 Å². The second-order valence-electron chi connectivity index (χ2n) is 4.24. The van der Waals surface area contributed by atoms with Crippen molar-refractivity contribution in [2.45, 2.75) is 20.4 Å². The zero-order valence-corrected chi connectivity index (χ0v) is 11.1. The van der Waals surface area contributed by atoms with Crippen molar-refractivity contribution in [1.82, 2.24) is 9.78 Å². The Morgan fingerprint density at radius 2 is 2.15 bits per heavy atom. The molecule has 1 heterocycles. The minimum absolute atomic E-state index is 0.114. The van der Waals surface area contributed by atoms with Crippen LogP contribution in [-0.4, -0.2) is 15.7 Å². The van der Waals surface area contributed by atoms with Gasteiger partial charge in [0, 0.05) is 12.6 Å². The van der Waals surface area contributed by atoms with Gasteiger partial charge in [-0.1, -0.05) is 0 Å². The van der Waals surface area contributed by atoms with Crippen LogP contribution in [0.15, 0.2) is 18.2 Å². The van der Waals surface area contributed by atoms with Crippen molar-refractivity contribution in [3.63, 3.8) is 0 Å². The summed E-state index contributed by atoms with van der Waals surface area (Å²) in [5.74, 6) is -2.15. The smallest absolute Gasteiger partial charge is 0.276 e. The number of nitrogens with zero attached hydrogens (tertiary/aromatic N) is 2. The summed E-state index contributed by atoms with van der Waals surface area (Å²) < 4.78 is 27.7. The molecule has 20 heavy (non-hydrogen) atoms. The molecule has 0 aliphatic carbocycles. The third kappa shape index (κ3) is 2.47. The molecule has 0 aliphatic rings. The second-order valence-corrected chi connectivity index (χ2v) is 4.24. The molecule has 0 saturated heterocycles. The van der Waals surface area contributed by atoms with Gasteiger partial charge in [-0.05, 0) is 26.0 Å². The lowest BCUT2D eigenvalue weighted by molar-refractivity contribution is 0.101. The SMILES string of the molecule is CCn1nc(C)c(N)c1C(=O)Nc1ccc(F)cc1F. The van der Waals surface area contributed by atoms with Gasteiger partial charge < -0.3 is 11.1 Å². The quantitative estimate of drug-likeness (QED) is 0.906. The minimum Gasteiger partial charge on any atom is -0.395 e. The van der Waals surface area contributed by atoms with Gasteiger partial charge in [-0.25, -0.2) is 8.78 Å². The van der Waals surface area contributed by atoms with E-state index < -0.39 is 17.5 Å². The Labute approximate surface area is 114 Å². The molecule has 0 bridgehead atoms. The normalized spacial score (nSPS) is 10.6. The molecule has 2 rings (SSSR count). The number of anilines is 2. The summed E-state index contributed by atoms with van der Waals surface area (Å²) in [5.41, 5.74) is 6.61. The van der Waals surface area contributed by atoms with Crippen LogP contribution < -0.4 is 11.1 Å². The molecule has 1 aromatic heterocycles. The van der Waals surface area contributed by atoms with Crippen molar-refractivity contribution in [1.29, 1.82) is 0 Å². The standard InChI is InChI=1S/C13H14F2N4O/c1-3-19-12(11(16)7(2)18-19)13(20)17-10-5-4-8(14)6-9(10)15/h4-6H,3,16H2,1-2H3,(H,17,20). The number of carbonyl (C=O) groups excluding carboxylic acids is 1. The monoisotopic (exact) mass is 280 g/mol. The first-order valence-corrected chi connectivity index (χ1v) is 6.03. The highest BCUT2D eigenvalue weighted by molar-refractivity contribution is 6.06. The number of nitrogen functional groups attached to an aromatic ring is 1. The molecule has 0 unspecified atom stereocenters. The van der Waals surface area contributed by atoms with Crippen LogP contribution in [0.25, 0.3) is 0 Å². The van der Waals surface area contributed by atoms with Crippen LogP contribution in [0.1, 0.15) is 23.1 Å². The predicted octanol–water partition coefficient (Wildman–Crippen LogP) is 2.32. The fourth-order valence-electron chi connectivity index (χ4n) is 1.84. The molecular weight excluding hydrogens is 266 g/mol. The first-order valence-electron chi connectivity index (χ1n) is 6.03. The number of amides is 1. The molecule has 5 nitrogen and oxygen atoms in total. The third-order valence-electron chi connectivity index (χ3n) is 2.87. The fraction of sp³-hybridized carbons (Fsp3) is 0.231. The van der Waals surface area contributed by atoms with E-state index in [0.29, 0.717) is 18.3 Å². The van der Waals surface area contributed by atoms with Crippen LogP contribution in [0.4, 0.5) is 20.2 Å². The van der Waals surface area contributed by atoms with Gasteiger partial charge in [-0.15, -0.1) is 0 Å². The predicted molar refractivity (Wildman–Crippen MR) is 71.4 cm³/mol. The lowest BCUT2D eigenvalue weighted by atomic mass is 10.2. The summed E-state index contributed by atoms with van der Waals surface area (Å²) in [6, 6.07) is 2.91. The van der Waals surface area contributed by atoms with Gasteiger partial charge in [-0.3, -0.25) is 9.48 Å². The number of carbonyl (C=O) groups is 1. The number of hydrogen-bond donors (Lipinski definition) is 2. The molecule has 1 aromatic carbocycles. The van der Waals surface area contributed by atoms with Gasteiger partial charge in [0.1, 0.15) is 17.3 Å². The Bertz CT molecular complexity index is 667. The Morgan fingerprint density at radius 1 is 1.45 bits per heavy atom. The molecule has 0 spiro atoms. The van der Waals surface area contributed by atoms with E-state index >= 15 is 0 Å². The van der Waals surface area contributed by atoms with Gasteiger partial charge >= 0.3 is 0 Å². The molecule has 106 valence electrons. The maximum Gasteiger partial charge on any atom is 0.276 e. The Hall–Kier alpha value is -2.44. The summed E-state index contributed by atoms with van der Waals surface area (Å²) in [6.07, 6.45) is 0. The number of rotatable bonds is 3. The van der Waals surface area contributed by atoms with Crippen LogP contribution >= 0.6 is 0 Å². The van der Waals surface area contributed by atoms with E-state index in [4.69, 9.17) is 5.73 Å². The largest absolute Gasteiger partial charge is 0.395 e.